The number of nitrogens with zero attached hydrogens (tertiary/aromatic N) is 1. The van der Waals surface area contributed by atoms with Crippen molar-refractivity contribution in [1.82, 2.24) is 5.43 Å². The van der Waals surface area contributed by atoms with E-state index in [1.807, 2.05) is 42.5 Å². The van der Waals surface area contributed by atoms with Crippen molar-refractivity contribution in [2.75, 3.05) is 0 Å². The largest absolute Gasteiger partial charge is 0.465 e. The van der Waals surface area contributed by atoms with Gasteiger partial charge in [0.1, 0.15) is 11.5 Å². The molecule has 0 atom stereocenters. The molecule has 6 nitrogen and oxygen atoms in total. The van der Waals surface area contributed by atoms with E-state index in [0.29, 0.717) is 11.5 Å². The Bertz CT molecular complexity index is 1270. The summed E-state index contributed by atoms with van der Waals surface area (Å²) < 4.78 is 10.3. The number of carbonyl (C=O) groups excluding carboxylic acids is 2. The zero-order valence-electron chi connectivity index (χ0n) is 17.1. The minimum absolute atomic E-state index is 0.202. The standard InChI is InChI=1S/C26H20N2O4/c29-25(17-21-7-3-6-20-5-1-2-9-24(20)21)28-27-18-19-10-12-23(13-11-19)32-26(30)15-14-22-8-4-16-31-22/h1-16,18H,17H2,(H,28,29)/b15-14+,27-18+. The first kappa shape index (κ1) is 20.8. The molecule has 0 bridgehead atoms. The lowest BCUT2D eigenvalue weighted by Gasteiger charge is -2.05. The molecule has 0 saturated heterocycles. The monoisotopic (exact) mass is 424 g/mol. The maximum atomic E-state index is 12.3. The Morgan fingerprint density at radius 3 is 2.56 bits per heavy atom. The van der Waals surface area contributed by atoms with Crippen molar-refractivity contribution in [3.8, 4) is 5.75 Å². The fourth-order valence-electron chi connectivity index (χ4n) is 3.15. The zero-order valence-corrected chi connectivity index (χ0v) is 17.1. The molecule has 1 amide bonds. The molecule has 0 fully saturated rings. The van der Waals surface area contributed by atoms with Gasteiger partial charge in [-0.05, 0) is 64.4 Å². The molecule has 4 rings (SSSR count). The number of hydrogen-bond donors (Lipinski definition) is 1. The van der Waals surface area contributed by atoms with Gasteiger partial charge in [0.2, 0.25) is 5.91 Å². The van der Waals surface area contributed by atoms with Crippen LogP contribution in [0.3, 0.4) is 0 Å². The van der Waals surface area contributed by atoms with E-state index < -0.39 is 5.97 Å². The molecule has 1 N–H and O–H groups in total. The van der Waals surface area contributed by atoms with Gasteiger partial charge in [-0.15, -0.1) is 0 Å². The molecule has 6 heteroatoms. The number of fused-ring (bicyclic) bond motifs is 1. The third-order valence-corrected chi connectivity index (χ3v) is 4.66. The van der Waals surface area contributed by atoms with Gasteiger partial charge >= 0.3 is 5.97 Å². The molecular formula is C26H20N2O4. The van der Waals surface area contributed by atoms with Crippen molar-refractivity contribution >= 4 is 34.9 Å². The van der Waals surface area contributed by atoms with Crippen LogP contribution in [0.15, 0.2) is 101 Å². The Kier molecular flexibility index (Phi) is 6.53. The Balaban J connectivity index is 1.29. The average Bonchev–Trinajstić information content (AvgIpc) is 3.33. The summed E-state index contributed by atoms with van der Waals surface area (Å²) in [5, 5.41) is 6.16. The number of hydrazone groups is 1. The van der Waals surface area contributed by atoms with Crippen LogP contribution in [0.1, 0.15) is 16.9 Å². The molecule has 1 heterocycles. The SMILES string of the molecule is O=C(Cc1cccc2ccccc12)N/N=C/c1ccc(OC(=O)/C=C/c2ccco2)cc1. The van der Waals surface area contributed by atoms with Crippen LogP contribution >= 0.6 is 0 Å². The lowest BCUT2D eigenvalue weighted by atomic mass is 10.0. The van der Waals surface area contributed by atoms with E-state index >= 15 is 0 Å². The highest BCUT2D eigenvalue weighted by atomic mass is 16.5. The molecule has 0 spiro atoms. The van der Waals surface area contributed by atoms with Gasteiger partial charge < -0.3 is 9.15 Å². The molecular weight excluding hydrogens is 404 g/mol. The Labute approximate surface area is 184 Å². The van der Waals surface area contributed by atoms with Gasteiger partial charge in [-0.25, -0.2) is 10.2 Å². The van der Waals surface area contributed by atoms with Crippen molar-refractivity contribution < 1.29 is 18.7 Å². The van der Waals surface area contributed by atoms with E-state index in [4.69, 9.17) is 9.15 Å². The van der Waals surface area contributed by atoms with Gasteiger partial charge in [-0.1, -0.05) is 42.5 Å². The zero-order chi connectivity index (χ0) is 22.2. The van der Waals surface area contributed by atoms with E-state index in [1.54, 1.807) is 36.4 Å². The van der Waals surface area contributed by atoms with Crippen LogP contribution in [0.2, 0.25) is 0 Å². The summed E-state index contributed by atoms with van der Waals surface area (Å²) >= 11 is 0. The third kappa shape index (κ3) is 5.58. The number of benzene rings is 3. The first-order valence-electron chi connectivity index (χ1n) is 9.99. The molecule has 3 aromatic carbocycles. The second kappa shape index (κ2) is 10.0. The van der Waals surface area contributed by atoms with E-state index in [-0.39, 0.29) is 12.3 Å². The fraction of sp³-hybridized carbons (Fsp3) is 0.0385. The number of furan rings is 1. The van der Waals surface area contributed by atoms with Gasteiger partial charge in [-0.3, -0.25) is 4.79 Å². The predicted octanol–water partition coefficient (Wildman–Crippen LogP) is 4.74. The van der Waals surface area contributed by atoms with Crippen LogP contribution in [0.25, 0.3) is 16.8 Å². The molecule has 0 aliphatic heterocycles. The molecule has 0 radical (unpaired) electrons. The van der Waals surface area contributed by atoms with Crippen molar-refractivity contribution in [1.29, 1.82) is 0 Å². The quantitative estimate of drug-likeness (QED) is 0.153. The maximum Gasteiger partial charge on any atom is 0.336 e. The van der Waals surface area contributed by atoms with Crippen molar-refractivity contribution in [2.24, 2.45) is 5.10 Å². The minimum atomic E-state index is -0.511. The van der Waals surface area contributed by atoms with Crippen molar-refractivity contribution in [3.63, 3.8) is 0 Å². The molecule has 32 heavy (non-hydrogen) atoms. The molecule has 158 valence electrons. The number of ether oxygens (including phenoxy) is 1. The van der Waals surface area contributed by atoms with E-state index in [2.05, 4.69) is 10.5 Å². The second-order valence-corrected chi connectivity index (χ2v) is 6.95. The van der Waals surface area contributed by atoms with Crippen LogP contribution in [-0.4, -0.2) is 18.1 Å². The summed E-state index contributed by atoms with van der Waals surface area (Å²) in [4.78, 5) is 24.1. The van der Waals surface area contributed by atoms with Crippen LogP contribution in [-0.2, 0) is 16.0 Å². The van der Waals surface area contributed by atoms with Gasteiger partial charge in [-0.2, -0.15) is 5.10 Å². The predicted molar refractivity (Wildman–Crippen MR) is 123 cm³/mol. The fourth-order valence-corrected chi connectivity index (χ4v) is 3.15. The molecule has 0 aliphatic carbocycles. The van der Waals surface area contributed by atoms with Crippen molar-refractivity contribution in [2.45, 2.75) is 6.42 Å². The highest BCUT2D eigenvalue weighted by Gasteiger charge is 2.06. The van der Waals surface area contributed by atoms with Crippen LogP contribution in [0, 0.1) is 0 Å². The maximum absolute atomic E-state index is 12.3. The summed E-state index contributed by atoms with van der Waals surface area (Å²) in [6, 6.07) is 24.1. The minimum Gasteiger partial charge on any atom is -0.465 e. The summed E-state index contributed by atoms with van der Waals surface area (Å²) in [5.74, 6) is 0.252. The summed E-state index contributed by atoms with van der Waals surface area (Å²) in [6.45, 7) is 0. The number of amides is 1. The number of carbonyl (C=O) groups is 2. The van der Waals surface area contributed by atoms with E-state index in [9.17, 15) is 9.59 Å². The topological polar surface area (TPSA) is 80.9 Å². The number of nitrogens with one attached hydrogen (secondary N) is 1. The number of esters is 1. The Hall–Kier alpha value is -4.45. The first-order chi connectivity index (χ1) is 15.7. The smallest absolute Gasteiger partial charge is 0.336 e. The molecule has 0 unspecified atom stereocenters. The normalized spacial score (nSPS) is 11.2. The Morgan fingerprint density at radius 1 is 0.938 bits per heavy atom. The molecule has 4 aromatic rings. The highest BCUT2D eigenvalue weighted by Crippen LogP contribution is 2.19. The highest BCUT2D eigenvalue weighted by molar-refractivity contribution is 5.91. The molecule has 1 aromatic heterocycles. The lowest BCUT2D eigenvalue weighted by molar-refractivity contribution is -0.129. The van der Waals surface area contributed by atoms with Gasteiger partial charge in [0, 0.05) is 6.08 Å². The summed E-state index contributed by atoms with van der Waals surface area (Å²) in [5.41, 5.74) is 4.25. The van der Waals surface area contributed by atoms with Gasteiger partial charge in [0.05, 0.1) is 18.9 Å². The number of rotatable bonds is 7. The van der Waals surface area contributed by atoms with Crippen LogP contribution in [0.4, 0.5) is 0 Å². The van der Waals surface area contributed by atoms with Crippen LogP contribution in [0.5, 0.6) is 5.75 Å². The summed E-state index contributed by atoms with van der Waals surface area (Å²) in [6.07, 6.45) is 6.11. The second-order valence-electron chi connectivity index (χ2n) is 6.95. The lowest BCUT2D eigenvalue weighted by Crippen LogP contribution is -2.19. The van der Waals surface area contributed by atoms with Gasteiger partial charge in [0.25, 0.3) is 0 Å². The van der Waals surface area contributed by atoms with Crippen LogP contribution < -0.4 is 10.2 Å². The van der Waals surface area contributed by atoms with E-state index in [1.165, 1.54) is 24.6 Å². The number of hydrogen-bond acceptors (Lipinski definition) is 5. The summed E-state index contributed by atoms with van der Waals surface area (Å²) in [7, 11) is 0. The molecule has 0 saturated carbocycles. The van der Waals surface area contributed by atoms with E-state index in [0.717, 1.165) is 21.9 Å². The third-order valence-electron chi connectivity index (χ3n) is 4.66. The first-order valence-corrected chi connectivity index (χ1v) is 9.99. The Morgan fingerprint density at radius 2 is 1.75 bits per heavy atom. The van der Waals surface area contributed by atoms with Gasteiger partial charge in [0.15, 0.2) is 0 Å². The van der Waals surface area contributed by atoms with Crippen molar-refractivity contribution in [3.05, 3.63) is 108 Å². The molecule has 0 aliphatic rings. The average molecular weight is 424 g/mol.